The van der Waals surface area contributed by atoms with Gasteiger partial charge in [-0.25, -0.2) is 5.01 Å². The number of aromatic nitrogens is 1. The number of nitrogens with zero attached hydrogens (tertiary/aromatic N) is 4. The third kappa shape index (κ3) is 2.29. The Hall–Kier alpha value is -2.67. The third-order valence-electron chi connectivity index (χ3n) is 3.66. The molecule has 114 valence electrons. The molecule has 1 amide bonds. The first-order valence-electron chi connectivity index (χ1n) is 7.09. The molecule has 2 aliphatic rings. The SMILES string of the molecule is CSC1=NN2C(=c3ccccc3=NC2c2ccccn2)C(=O)N1. The standard InChI is InChI=1S/C16H13N5OS/c1-23-16-19-15(22)13-10-6-2-3-7-11(10)18-14(21(13)20-16)12-8-4-5-9-17-12/h2-9,14H,1H3,(H,19,20,22). The van der Waals surface area contributed by atoms with Gasteiger partial charge in [0.05, 0.1) is 11.1 Å². The van der Waals surface area contributed by atoms with Gasteiger partial charge in [-0.15, -0.1) is 5.10 Å². The number of carbonyl (C=O) groups excluding carboxylic acids is 1. The van der Waals surface area contributed by atoms with Crippen LogP contribution in [-0.2, 0) is 4.79 Å². The van der Waals surface area contributed by atoms with Crippen LogP contribution < -0.4 is 15.9 Å². The molecule has 7 heteroatoms. The number of fused-ring (bicyclic) bond motifs is 2. The Morgan fingerprint density at radius 2 is 2.00 bits per heavy atom. The molecule has 0 radical (unpaired) electrons. The van der Waals surface area contributed by atoms with Crippen LogP contribution in [0, 0.1) is 0 Å². The minimum atomic E-state index is -0.450. The van der Waals surface area contributed by atoms with Crippen LogP contribution in [0.5, 0.6) is 0 Å². The molecule has 1 N–H and O–H groups in total. The van der Waals surface area contributed by atoms with Crippen molar-refractivity contribution in [2.45, 2.75) is 6.17 Å². The van der Waals surface area contributed by atoms with Crippen molar-refractivity contribution in [1.29, 1.82) is 0 Å². The average Bonchev–Trinajstić information content (AvgIpc) is 2.61. The molecule has 4 rings (SSSR count). The van der Waals surface area contributed by atoms with E-state index in [0.717, 1.165) is 16.3 Å². The van der Waals surface area contributed by atoms with Crippen LogP contribution in [0.4, 0.5) is 0 Å². The number of amidine groups is 1. The van der Waals surface area contributed by atoms with Gasteiger partial charge in [0.2, 0.25) is 0 Å². The first kappa shape index (κ1) is 14.0. The average molecular weight is 323 g/mol. The predicted octanol–water partition coefficient (Wildman–Crippen LogP) is 0.588. The number of thioether (sulfide) groups is 1. The van der Waals surface area contributed by atoms with Gasteiger partial charge in [0.15, 0.2) is 11.3 Å². The maximum Gasteiger partial charge on any atom is 0.276 e. The highest BCUT2D eigenvalue weighted by atomic mass is 32.2. The zero-order chi connectivity index (χ0) is 15.8. The second-order valence-corrected chi connectivity index (χ2v) is 5.83. The minimum absolute atomic E-state index is 0.173. The van der Waals surface area contributed by atoms with Gasteiger partial charge >= 0.3 is 0 Å². The summed E-state index contributed by atoms with van der Waals surface area (Å²) in [4.78, 5) is 21.7. The Morgan fingerprint density at radius 3 is 2.78 bits per heavy atom. The minimum Gasteiger partial charge on any atom is -0.298 e. The molecule has 3 heterocycles. The summed E-state index contributed by atoms with van der Waals surface area (Å²) >= 11 is 1.38. The maximum atomic E-state index is 12.6. The normalized spacial score (nSPS) is 19.3. The van der Waals surface area contributed by atoms with Crippen LogP contribution in [0.3, 0.4) is 0 Å². The van der Waals surface area contributed by atoms with E-state index in [1.165, 1.54) is 11.8 Å². The third-order valence-corrected chi connectivity index (χ3v) is 4.23. The van der Waals surface area contributed by atoms with Crippen molar-refractivity contribution >= 4 is 28.5 Å². The lowest BCUT2D eigenvalue weighted by atomic mass is 10.1. The van der Waals surface area contributed by atoms with Crippen molar-refractivity contribution in [3.8, 4) is 0 Å². The Balaban J connectivity index is 2.00. The first-order valence-corrected chi connectivity index (χ1v) is 8.31. The van der Waals surface area contributed by atoms with Gasteiger partial charge in [-0.1, -0.05) is 36.0 Å². The van der Waals surface area contributed by atoms with E-state index in [9.17, 15) is 4.79 Å². The maximum absolute atomic E-state index is 12.6. The Kier molecular flexibility index (Phi) is 3.34. The van der Waals surface area contributed by atoms with Gasteiger partial charge in [-0.2, -0.15) is 0 Å². The number of hydrogen-bond acceptors (Lipinski definition) is 6. The Labute approximate surface area is 136 Å². The van der Waals surface area contributed by atoms with Crippen LogP contribution in [0.2, 0.25) is 0 Å². The van der Waals surface area contributed by atoms with Crippen molar-refractivity contribution in [2.75, 3.05) is 6.26 Å². The van der Waals surface area contributed by atoms with Gasteiger partial charge in [0.25, 0.3) is 5.91 Å². The molecule has 0 saturated carbocycles. The lowest BCUT2D eigenvalue weighted by molar-refractivity contribution is -0.116. The molecule has 2 aromatic rings. The van der Waals surface area contributed by atoms with E-state index in [1.807, 2.05) is 48.7 Å². The molecule has 1 aromatic carbocycles. The van der Waals surface area contributed by atoms with E-state index in [0.29, 0.717) is 10.9 Å². The van der Waals surface area contributed by atoms with Gasteiger partial charge in [-0.3, -0.25) is 20.1 Å². The van der Waals surface area contributed by atoms with E-state index >= 15 is 0 Å². The predicted molar refractivity (Wildman–Crippen MR) is 88.5 cm³/mol. The molecule has 1 aromatic heterocycles. The number of nitrogens with one attached hydrogen (secondary N) is 1. The first-order chi connectivity index (χ1) is 11.3. The van der Waals surface area contributed by atoms with Gasteiger partial charge < -0.3 is 0 Å². The quantitative estimate of drug-likeness (QED) is 0.834. The zero-order valence-corrected chi connectivity index (χ0v) is 13.1. The van der Waals surface area contributed by atoms with Crippen molar-refractivity contribution in [1.82, 2.24) is 15.3 Å². The van der Waals surface area contributed by atoms with Crippen LogP contribution in [0.1, 0.15) is 11.9 Å². The molecule has 1 atom stereocenters. The summed E-state index contributed by atoms with van der Waals surface area (Å²) in [7, 11) is 0. The molecule has 0 spiro atoms. The smallest absolute Gasteiger partial charge is 0.276 e. The highest BCUT2D eigenvalue weighted by Crippen LogP contribution is 2.28. The molecule has 0 aliphatic carbocycles. The van der Waals surface area contributed by atoms with Crippen molar-refractivity contribution < 1.29 is 4.79 Å². The number of rotatable bonds is 1. The largest absolute Gasteiger partial charge is 0.298 e. The Bertz CT molecular complexity index is 925. The number of amides is 1. The topological polar surface area (TPSA) is 70.0 Å². The van der Waals surface area contributed by atoms with Crippen LogP contribution >= 0.6 is 11.8 Å². The molecular formula is C16H13N5OS. The fourth-order valence-electron chi connectivity index (χ4n) is 2.64. The molecule has 2 aliphatic heterocycles. The van der Waals surface area contributed by atoms with Gasteiger partial charge in [-0.05, 0) is 24.5 Å². The number of benzene rings is 1. The number of carbonyl (C=O) groups is 1. The van der Waals surface area contributed by atoms with Gasteiger partial charge in [0.1, 0.15) is 5.70 Å². The van der Waals surface area contributed by atoms with E-state index < -0.39 is 6.17 Å². The fraction of sp³-hybridized carbons (Fsp3) is 0.125. The lowest BCUT2D eigenvalue weighted by Crippen LogP contribution is -2.50. The number of para-hydroxylation sites is 1. The second kappa shape index (κ2) is 5.51. The zero-order valence-electron chi connectivity index (χ0n) is 12.3. The molecule has 0 saturated heterocycles. The second-order valence-electron chi connectivity index (χ2n) is 5.03. The number of pyridine rings is 1. The van der Waals surface area contributed by atoms with E-state index in [4.69, 9.17) is 4.99 Å². The van der Waals surface area contributed by atoms with Crippen molar-refractivity contribution in [3.05, 3.63) is 64.9 Å². The summed E-state index contributed by atoms with van der Waals surface area (Å²) in [6, 6.07) is 13.2. The number of hydrogen-bond donors (Lipinski definition) is 1. The molecule has 1 unspecified atom stereocenters. The number of hydrazone groups is 1. The summed E-state index contributed by atoms with van der Waals surface area (Å²) in [5, 5.41) is 11.1. The fourth-order valence-corrected chi connectivity index (χ4v) is 3.01. The summed E-state index contributed by atoms with van der Waals surface area (Å²) in [6.45, 7) is 0. The van der Waals surface area contributed by atoms with E-state index in [2.05, 4.69) is 15.4 Å². The molecule has 0 bridgehead atoms. The lowest BCUT2D eigenvalue weighted by Gasteiger charge is -2.33. The van der Waals surface area contributed by atoms with Crippen LogP contribution in [0.25, 0.3) is 5.70 Å². The molecular weight excluding hydrogens is 310 g/mol. The van der Waals surface area contributed by atoms with E-state index in [1.54, 1.807) is 11.2 Å². The van der Waals surface area contributed by atoms with Crippen LogP contribution in [-0.4, -0.2) is 27.3 Å². The monoisotopic (exact) mass is 323 g/mol. The summed E-state index contributed by atoms with van der Waals surface area (Å²) in [5.74, 6) is -0.173. The molecule has 6 nitrogen and oxygen atoms in total. The molecule has 0 fully saturated rings. The van der Waals surface area contributed by atoms with Crippen molar-refractivity contribution in [3.63, 3.8) is 0 Å². The van der Waals surface area contributed by atoms with Crippen molar-refractivity contribution in [2.24, 2.45) is 10.1 Å². The van der Waals surface area contributed by atoms with E-state index in [-0.39, 0.29) is 5.91 Å². The summed E-state index contributed by atoms with van der Waals surface area (Å²) < 4.78 is 0. The van der Waals surface area contributed by atoms with Gasteiger partial charge in [0, 0.05) is 11.4 Å². The summed E-state index contributed by atoms with van der Waals surface area (Å²) in [5.41, 5.74) is 1.25. The molecule has 23 heavy (non-hydrogen) atoms. The highest BCUT2D eigenvalue weighted by molar-refractivity contribution is 8.13. The highest BCUT2D eigenvalue weighted by Gasteiger charge is 2.34. The Morgan fingerprint density at radius 1 is 1.17 bits per heavy atom. The van der Waals surface area contributed by atoms with Crippen LogP contribution in [0.15, 0.2) is 58.8 Å². The summed E-state index contributed by atoms with van der Waals surface area (Å²) in [6.07, 6.45) is 3.14.